The first-order valence-electron chi connectivity index (χ1n) is 13.6. The highest BCUT2D eigenvalue weighted by atomic mass is 16.2. The van der Waals surface area contributed by atoms with Gasteiger partial charge in [-0.05, 0) is 51.3 Å². The third kappa shape index (κ3) is 9.03. The Balaban J connectivity index is 1.85. The van der Waals surface area contributed by atoms with Gasteiger partial charge in [-0.25, -0.2) is 0 Å². The first kappa shape index (κ1) is 31.1. The minimum Gasteiger partial charge on any atom is -0.361 e. The van der Waals surface area contributed by atoms with Crippen LogP contribution in [0.2, 0.25) is 0 Å². The van der Waals surface area contributed by atoms with Gasteiger partial charge in [0.1, 0.15) is 24.2 Å². The molecule has 0 aliphatic carbocycles. The molecule has 9 N–H and O–H groups in total. The van der Waals surface area contributed by atoms with Crippen molar-refractivity contribution in [1.82, 2.24) is 36.9 Å². The average Bonchev–Trinajstić information content (AvgIpc) is 3.35. The normalized spacial score (nSPS) is 23.8. The van der Waals surface area contributed by atoms with Crippen LogP contribution in [0.25, 0.3) is 10.9 Å². The third-order valence-electron chi connectivity index (χ3n) is 6.70. The van der Waals surface area contributed by atoms with Crippen LogP contribution in [0.1, 0.15) is 38.7 Å². The summed E-state index contributed by atoms with van der Waals surface area (Å²) < 4.78 is 0. The van der Waals surface area contributed by atoms with Crippen molar-refractivity contribution >= 4 is 46.3 Å². The minimum atomic E-state index is -1.10. The zero-order valence-electron chi connectivity index (χ0n) is 23.2. The summed E-state index contributed by atoms with van der Waals surface area (Å²) in [6, 6.07) is 3.30. The van der Waals surface area contributed by atoms with E-state index in [1.165, 1.54) is 13.8 Å². The molecule has 0 radical (unpaired) electrons. The highest BCUT2D eigenvalue weighted by molar-refractivity contribution is 5.97. The molecule has 1 aliphatic rings. The first-order valence-corrected chi connectivity index (χ1v) is 13.6. The van der Waals surface area contributed by atoms with Crippen LogP contribution in [0.4, 0.5) is 0 Å². The van der Waals surface area contributed by atoms with E-state index in [0.717, 1.165) is 16.5 Å². The topological polar surface area (TPSA) is 216 Å². The molecule has 0 spiro atoms. The third-order valence-corrected chi connectivity index (χ3v) is 6.70. The molecule has 41 heavy (non-hydrogen) atoms. The summed E-state index contributed by atoms with van der Waals surface area (Å²) >= 11 is 0. The largest absolute Gasteiger partial charge is 0.361 e. The molecule has 1 saturated heterocycles. The van der Waals surface area contributed by atoms with Gasteiger partial charge in [-0.1, -0.05) is 18.2 Å². The second-order valence-electron chi connectivity index (χ2n) is 9.98. The summed E-state index contributed by atoms with van der Waals surface area (Å²) in [5, 5.41) is 16.1. The standard InChI is InChI=1S/C27H38N8O6/c1-15-24(38)31-13-22(36)30-14-23(37)34-20(9-5-6-10-28)26(40)33-16(2)25(39)35-21(27(41)32-15)11-17-12-29-19-8-4-3-7-18(17)19/h3-4,7-8,12,15-16,20-21,29H,5-6,9-11,13-14,28H2,1-2H3,(H,30,36)(H,31,38)(H,32,41)(H,33,40)(H,34,37)(H,35,39)/t15-,16-,20-,21-/m0/s1. The Labute approximate surface area is 237 Å². The Hall–Kier alpha value is -4.46. The Morgan fingerprint density at radius 2 is 1.39 bits per heavy atom. The minimum absolute atomic E-state index is 0.0940. The van der Waals surface area contributed by atoms with Crippen molar-refractivity contribution in [2.45, 2.75) is 63.7 Å². The number of H-pyrrole nitrogens is 1. The van der Waals surface area contributed by atoms with Crippen LogP contribution >= 0.6 is 0 Å². The fourth-order valence-electron chi connectivity index (χ4n) is 4.35. The number of hydrogen-bond acceptors (Lipinski definition) is 7. The Morgan fingerprint density at radius 1 is 0.732 bits per heavy atom. The van der Waals surface area contributed by atoms with Gasteiger partial charge in [-0.3, -0.25) is 28.8 Å². The van der Waals surface area contributed by atoms with Crippen LogP contribution < -0.4 is 37.6 Å². The van der Waals surface area contributed by atoms with Gasteiger partial charge in [-0.15, -0.1) is 0 Å². The van der Waals surface area contributed by atoms with Crippen molar-refractivity contribution in [1.29, 1.82) is 0 Å². The van der Waals surface area contributed by atoms with Gasteiger partial charge in [0.05, 0.1) is 13.1 Å². The van der Waals surface area contributed by atoms with Gasteiger partial charge in [-0.2, -0.15) is 0 Å². The molecular weight excluding hydrogens is 532 g/mol. The van der Waals surface area contributed by atoms with E-state index < -0.39 is 72.7 Å². The lowest BCUT2D eigenvalue weighted by Crippen LogP contribution is -2.58. The number of aromatic nitrogens is 1. The number of unbranched alkanes of at least 4 members (excludes halogenated alkanes) is 1. The Kier molecular flexibility index (Phi) is 11.2. The van der Waals surface area contributed by atoms with E-state index in [4.69, 9.17) is 5.73 Å². The maximum atomic E-state index is 13.3. The lowest BCUT2D eigenvalue weighted by Gasteiger charge is -2.25. The summed E-state index contributed by atoms with van der Waals surface area (Å²) in [7, 11) is 0. The highest BCUT2D eigenvalue weighted by Crippen LogP contribution is 2.19. The Morgan fingerprint density at radius 3 is 2.12 bits per heavy atom. The van der Waals surface area contributed by atoms with Crippen LogP contribution in [0.3, 0.4) is 0 Å². The van der Waals surface area contributed by atoms with Gasteiger partial charge in [0, 0.05) is 23.5 Å². The van der Waals surface area contributed by atoms with E-state index in [9.17, 15) is 28.8 Å². The fraction of sp³-hybridized carbons (Fsp3) is 0.481. The molecule has 0 unspecified atom stereocenters. The number of carbonyl (C=O) groups excluding carboxylic acids is 6. The van der Waals surface area contributed by atoms with E-state index in [0.29, 0.717) is 19.4 Å². The molecule has 2 heterocycles. The summed E-state index contributed by atoms with van der Waals surface area (Å²) in [6.07, 6.45) is 3.26. The molecule has 0 saturated carbocycles. The number of fused-ring (bicyclic) bond motifs is 1. The van der Waals surface area contributed by atoms with Gasteiger partial charge >= 0.3 is 0 Å². The number of amides is 6. The van der Waals surface area contributed by atoms with Crippen molar-refractivity contribution in [3.63, 3.8) is 0 Å². The smallest absolute Gasteiger partial charge is 0.243 e. The number of aromatic amines is 1. The van der Waals surface area contributed by atoms with E-state index in [1.54, 1.807) is 6.20 Å². The number of carbonyl (C=O) groups is 6. The number of para-hydroxylation sites is 1. The van der Waals surface area contributed by atoms with Crippen LogP contribution in [0, 0.1) is 0 Å². The van der Waals surface area contributed by atoms with Gasteiger partial charge in [0.2, 0.25) is 35.4 Å². The quantitative estimate of drug-likeness (QED) is 0.184. The van der Waals surface area contributed by atoms with E-state index >= 15 is 0 Å². The number of benzene rings is 1. The SMILES string of the molecule is C[C@@H]1NC(=O)[C@H](CCCCN)NC(=O)CNC(=O)CNC(=O)[C@H](C)NC(=O)[C@H](Cc2c[nH]c3ccccc23)NC1=O. The Bertz CT molecular complexity index is 1280. The molecule has 3 rings (SSSR count). The summed E-state index contributed by atoms with van der Waals surface area (Å²) in [4.78, 5) is 79.8. The molecule has 1 aromatic carbocycles. The van der Waals surface area contributed by atoms with Gasteiger partial charge in [0.15, 0.2) is 0 Å². The molecule has 1 fully saturated rings. The van der Waals surface area contributed by atoms with E-state index in [-0.39, 0.29) is 12.8 Å². The van der Waals surface area contributed by atoms with E-state index in [1.807, 2.05) is 24.3 Å². The van der Waals surface area contributed by atoms with Gasteiger partial charge < -0.3 is 42.6 Å². The maximum Gasteiger partial charge on any atom is 0.243 e. The molecule has 14 nitrogen and oxygen atoms in total. The second-order valence-corrected chi connectivity index (χ2v) is 9.98. The molecule has 0 bridgehead atoms. The molecular formula is C27H38N8O6. The number of hydrogen-bond donors (Lipinski definition) is 8. The maximum absolute atomic E-state index is 13.3. The molecule has 14 heteroatoms. The molecule has 4 atom stereocenters. The summed E-state index contributed by atoms with van der Waals surface area (Å²) in [5.74, 6) is -3.72. The van der Waals surface area contributed by atoms with Crippen molar-refractivity contribution in [2.24, 2.45) is 5.73 Å². The zero-order valence-corrected chi connectivity index (χ0v) is 23.2. The molecule has 222 valence electrons. The molecule has 1 aliphatic heterocycles. The number of rotatable bonds is 6. The predicted molar refractivity (Wildman–Crippen MR) is 150 cm³/mol. The lowest BCUT2D eigenvalue weighted by molar-refractivity contribution is -0.134. The molecule has 2 aromatic rings. The predicted octanol–water partition coefficient (Wildman–Crippen LogP) is -1.94. The molecule has 6 amide bonds. The van der Waals surface area contributed by atoms with Crippen molar-refractivity contribution in [3.8, 4) is 0 Å². The number of nitrogens with two attached hydrogens (primary N) is 1. The van der Waals surface area contributed by atoms with E-state index in [2.05, 4.69) is 36.9 Å². The van der Waals surface area contributed by atoms with Crippen LogP contribution in [0.5, 0.6) is 0 Å². The van der Waals surface area contributed by atoms with Gasteiger partial charge in [0.25, 0.3) is 0 Å². The summed E-state index contributed by atoms with van der Waals surface area (Å²) in [6.45, 7) is 2.45. The van der Waals surface area contributed by atoms with Crippen molar-refractivity contribution in [3.05, 3.63) is 36.0 Å². The summed E-state index contributed by atoms with van der Waals surface area (Å²) in [5.41, 5.74) is 7.16. The van der Waals surface area contributed by atoms with Crippen molar-refractivity contribution in [2.75, 3.05) is 19.6 Å². The highest BCUT2D eigenvalue weighted by Gasteiger charge is 2.29. The van der Waals surface area contributed by atoms with Crippen molar-refractivity contribution < 1.29 is 28.8 Å². The second kappa shape index (κ2) is 14.8. The number of nitrogens with one attached hydrogen (secondary N) is 7. The fourth-order valence-corrected chi connectivity index (χ4v) is 4.35. The monoisotopic (exact) mass is 570 g/mol. The molecule has 1 aromatic heterocycles. The van der Waals surface area contributed by atoms with Crippen LogP contribution in [0.15, 0.2) is 30.5 Å². The lowest BCUT2D eigenvalue weighted by atomic mass is 10.0. The first-order chi connectivity index (χ1) is 19.6. The van der Waals surface area contributed by atoms with Crippen LogP contribution in [-0.2, 0) is 35.2 Å². The zero-order chi connectivity index (χ0) is 29.9. The average molecular weight is 571 g/mol. The van der Waals surface area contributed by atoms with Crippen LogP contribution in [-0.4, -0.2) is 84.2 Å².